The van der Waals surface area contributed by atoms with Gasteiger partial charge in [-0.05, 0) is 43.3 Å². The van der Waals surface area contributed by atoms with Gasteiger partial charge >= 0.3 is 0 Å². The van der Waals surface area contributed by atoms with Crippen LogP contribution in [0.5, 0.6) is 11.6 Å². The van der Waals surface area contributed by atoms with Gasteiger partial charge in [-0.25, -0.2) is 15.0 Å². The lowest BCUT2D eigenvalue weighted by Crippen LogP contribution is -2.14. The highest BCUT2D eigenvalue weighted by Crippen LogP contribution is 2.23. The fourth-order valence-corrected chi connectivity index (χ4v) is 3.09. The predicted octanol–water partition coefficient (Wildman–Crippen LogP) is 3.96. The number of para-hydroxylation sites is 2. The van der Waals surface area contributed by atoms with Gasteiger partial charge in [0.25, 0.3) is 5.91 Å². The minimum absolute atomic E-state index is 0.243. The normalized spacial score (nSPS) is 10.8. The number of aryl methyl sites for hydroxylation is 1. The Labute approximate surface area is 182 Å². The van der Waals surface area contributed by atoms with E-state index in [1.165, 1.54) is 6.20 Å². The Kier molecular flexibility index (Phi) is 4.97. The summed E-state index contributed by atoms with van der Waals surface area (Å²) in [6, 6.07) is 16.1. The quantitative estimate of drug-likeness (QED) is 0.456. The van der Waals surface area contributed by atoms with Crippen LogP contribution in [0.2, 0.25) is 0 Å². The maximum atomic E-state index is 12.6. The zero-order chi connectivity index (χ0) is 21.9. The molecule has 3 heterocycles. The highest BCUT2D eigenvalue weighted by atomic mass is 16.5. The van der Waals surface area contributed by atoms with E-state index in [0.717, 1.165) is 5.52 Å². The zero-order valence-corrected chi connectivity index (χ0v) is 17.0. The van der Waals surface area contributed by atoms with Crippen LogP contribution in [-0.2, 0) is 0 Å². The lowest BCUT2D eigenvalue weighted by molar-refractivity contribution is 0.102. The number of ether oxygens (including phenoxy) is 1. The Bertz CT molecular complexity index is 1400. The van der Waals surface area contributed by atoms with Gasteiger partial charge in [-0.1, -0.05) is 12.1 Å². The fraction of sp³-hybridized carbons (Fsp3) is 0.0435. The molecule has 1 amide bonds. The number of hydrogen-bond donors (Lipinski definition) is 1. The smallest absolute Gasteiger partial charge is 0.275 e. The lowest BCUT2D eigenvalue weighted by atomic mass is 10.2. The van der Waals surface area contributed by atoms with Gasteiger partial charge in [0.2, 0.25) is 5.88 Å². The Balaban J connectivity index is 1.29. The van der Waals surface area contributed by atoms with Crippen LogP contribution in [0.15, 0.2) is 79.5 Å². The Morgan fingerprint density at radius 3 is 2.59 bits per heavy atom. The molecule has 0 unspecified atom stereocenters. The molecule has 9 heteroatoms. The van der Waals surface area contributed by atoms with Gasteiger partial charge in [-0.2, -0.15) is 4.98 Å². The summed E-state index contributed by atoms with van der Waals surface area (Å²) >= 11 is 0. The van der Waals surface area contributed by atoms with Gasteiger partial charge in [0.05, 0.1) is 17.2 Å². The van der Waals surface area contributed by atoms with Crippen molar-refractivity contribution in [1.82, 2.24) is 29.5 Å². The standard InChI is InChI=1S/C23H17N7O2/c1-15-26-21(30-11-10-24-14-30)12-22(27-15)32-17-8-6-16(7-9-17)28-23(31)20-13-25-18-4-2-3-5-19(18)29-20/h2-14H,1H3,(H,28,31). The summed E-state index contributed by atoms with van der Waals surface area (Å²) in [5.74, 6) is 1.87. The Morgan fingerprint density at radius 2 is 1.81 bits per heavy atom. The molecule has 0 aliphatic heterocycles. The van der Waals surface area contributed by atoms with Crippen molar-refractivity contribution in [2.75, 3.05) is 5.32 Å². The number of rotatable bonds is 5. The largest absolute Gasteiger partial charge is 0.439 e. The molecule has 5 rings (SSSR count). The molecule has 3 aromatic heterocycles. The average molecular weight is 423 g/mol. The van der Waals surface area contributed by atoms with E-state index in [0.29, 0.717) is 34.5 Å². The fourth-order valence-electron chi connectivity index (χ4n) is 3.09. The Hall–Kier alpha value is -4.66. The van der Waals surface area contributed by atoms with Crippen LogP contribution in [0.4, 0.5) is 5.69 Å². The second-order valence-corrected chi connectivity index (χ2v) is 6.91. The van der Waals surface area contributed by atoms with E-state index >= 15 is 0 Å². The van der Waals surface area contributed by atoms with Crippen LogP contribution in [0, 0.1) is 6.92 Å². The van der Waals surface area contributed by atoms with Crippen molar-refractivity contribution in [3.05, 3.63) is 91.0 Å². The molecular weight excluding hydrogens is 406 g/mol. The van der Waals surface area contributed by atoms with Crippen molar-refractivity contribution in [3.8, 4) is 17.4 Å². The molecule has 0 fully saturated rings. The molecule has 1 N–H and O–H groups in total. The van der Waals surface area contributed by atoms with Gasteiger partial charge in [-0.3, -0.25) is 14.3 Å². The molecule has 156 valence electrons. The monoisotopic (exact) mass is 423 g/mol. The molecule has 0 aliphatic carbocycles. The molecule has 0 spiro atoms. The Morgan fingerprint density at radius 1 is 1.00 bits per heavy atom. The molecule has 0 aliphatic rings. The first-order chi connectivity index (χ1) is 15.6. The number of aromatic nitrogens is 6. The van der Waals surface area contributed by atoms with Crippen molar-refractivity contribution >= 4 is 22.6 Å². The lowest BCUT2D eigenvalue weighted by Gasteiger charge is -2.09. The van der Waals surface area contributed by atoms with Crippen molar-refractivity contribution in [1.29, 1.82) is 0 Å². The third-order valence-corrected chi connectivity index (χ3v) is 4.59. The second-order valence-electron chi connectivity index (χ2n) is 6.91. The molecule has 0 radical (unpaired) electrons. The third kappa shape index (κ3) is 4.12. The number of anilines is 1. The van der Waals surface area contributed by atoms with Crippen molar-refractivity contribution in [2.24, 2.45) is 0 Å². The van der Waals surface area contributed by atoms with Crippen LogP contribution in [0.3, 0.4) is 0 Å². The van der Waals surface area contributed by atoms with Gasteiger partial charge in [0.1, 0.15) is 29.4 Å². The van der Waals surface area contributed by atoms with Crippen LogP contribution in [-0.4, -0.2) is 35.4 Å². The number of carbonyl (C=O) groups excluding carboxylic acids is 1. The number of nitrogens with zero attached hydrogens (tertiary/aromatic N) is 6. The van der Waals surface area contributed by atoms with E-state index in [9.17, 15) is 4.79 Å². The summed E-state index contributed by atoms with van der Waals surface area (Å²) in [7, 11) is 0. The summed E-state index contributed by atoms with van der Waals surface area (Å²) in [6.07, 6.45) is 6.59. The van der Waals surface area contributed by atoms with Crippen LogP contribution >= 0.6 is 0 Å². The van der Waals surface area contributed by atoms with Crippen molar-refractivity contribution < 1.29 is 9.53 Å². The van der Waals surface area contributed by atoms with Gasteiger partial charge in [0.15, 0.2) is 0 Å². The van der Waals surface area contributed by atoms with Crippen LogP contribution in [0.25, 0.3) is 16.9 Å². The molecule has 0 atom stereocenters. The van der Waals surface area contributed by atoms with E-state index in [1.807, 2.05) is 24.3 Å². The van der Waals surface area contributed by atoms with E-state index < -0.39 is 0 Å². The summed E-state index contributed by atoms with van der Waals surface area (Å²) in [5, 5.41) is 2.82. The number of carbonyl (C=O) groups is 1. The van der Waals surface area contributed by atoms with Crippen LogP contribution in [0.1, 0.15) is 16.3 Å². The first-order valence-corrected chi connectivity index (χ1v) is 9.79. The van der Waals surface area contributed by atoms with Gasteiger partial charge < -0.3 is 10.1 Å². The highest BCUT2D eigenvalue weighted by molar-refractivity contribution is 6.03. The summed E-state index contributed by atoms with van der Waals surface area (Å²) in [6.45, 7) is 1.79. The molecule has 0 saturated carbocycles. The second kappa shape index (κ2) is 8.23. The number of amides is 1. The third-order valence-electron chi connectivity index (χ3n) is 4.59. The van der Waals surface area contributed by atoms with Gasteiger partial charge in [-0.15, -0.1) is 0 Å². The molecule has 2 aromatic carbocycles. The van der Waals surface area contributed by atoms with E-state index in [1.54, 1.807) is 60.5 Å². The molecule has 9 nitrogen and oxygen atoms in total. The van der Waals surface area contributed by atoms with Crippen molar-refractivity contribution in [2.45, 2.75) is 6.92 Å². The van der Waals surface area contributed by atoms with E-state index in [-0.39, 0.29) is 11.6 Å². The first-order valence-electron chi connectivity index (χ1n) is 9.79. The topological polar surface area (TPSA) is 108 Å². The highest BCUT2D eigenvalue weighted by Gasteiger charge is 2.10. The van der Waals surface area contributed by atoms with E-state index in [4.69, 9.17) is 4.74 Å². The predicted molar refractivity (Wildman–Crippen MR) is 118 cm³/mol. The minimum atomic E-state index is -0.340. The molecule has 0 bridgehead atoms. The minimum Gasteiger partial charge on any atom is -0.439 e. The molecule has 0 saturated heterocycles. The average Bonchev–Trinajstić information content (AvgIpc) is 3.35. The number of nitrogens with one attached hydrogen (secondary N) is 1. The summed E-state index contributed by atoms with van der Waals surface area (Å²) < 4.78 is 7.64. The number of imidazole rings is 1. The van der Waals surface area contributed by atoms with Gasteiger partial charge in [0, 0.05) is 24.1 Å². The van der Waals surface area contributed by atoms with E-state index in [2.05, 4.69) is 30.2 Å². The molecule has 5 aromatic rings. The molecular formula is C23H17N7O2. The first kappa shape index (κ1) is 19.3. The van der Waals surface area contributed by atoms with Crippen LogP contribution < -0.4 is 10.1 Å². The summed E-state index contributed by atoms with van der Waals surface area (Å²) in [4.78, 5) is 33.9. The maximum absolute atomic E-state index is 12.6. The summed E-state index contributed by atoms with van der Waals surface area (Å²) in [5.41, 5.74) is 2.25. The molecule has 32 heavy (non-hydrogen) atoms. The number of hydrogen-bond acceptors (Lipinski definition) is 7. The van der Waals surface area contributed by atoms with Crippen molar-refractivity contribution in [3.63, 3.8) is 0 Å². The number of benzene rings is 2. The SMILES string of the molecule is Cc1nc(Oc2ccc(NC(=O)c3cnc4ccccc4n3)cc2)cc(-n2ccnc2)n1. The zero-order valence-electron chi connectivity index (χ0n) is 17.0. The maximum Gasteiger partial charge on any atom is 0.275 e. The number of fused-ring (bicyclic) bond motifs is 1.